The molecule has 0 heterocycles. The van der Waals surface area contributed by atoms with E-state index in [1.807, 2.05) is 49.3 Å². The third-order valence-corrected chi connectivity index (χ3v) is 4.64. The second kappa shape index (κ2) is 9.69. The van der Waals surface area contributed by atoms with Crippen LogP contribution in [0.4, 0.5) is 15.8 Å². The first-order chi connectivity index (χ1) is 14.5. The molecule has 0 saturated carbocycles. The summed E-state index contributed by atoms with van der Waals surface area (Å²) < 4.78 is 13.9. The molecule has 30 heavy (non-hydrogen) atoms. The van der Waals surface area contributed by atoms with E-state index in [-0.39, 0.29) is 11.5 Å². The van der Waals surface area contributed by atoms with Gasteiger partial charge in [-0.3, -0.25) is 9.59 Å². The predicted molar refractivity (Wildman–Crippen MR) is 118 cm³/mol. The van der Waals surface area contributed by atoms with Crippen molar-refractivity contribution in [3.05, 3.63) is 95.3 Å². The van der Waals surface area contributed by atoms with Crippen LogP contribution in [0.15, 0.2) is 72.8 Å². The van der Waals surface area contributed by atoms with Crippen LogP contribution in [0.3, 0.4) is 0 Å². The van der Waals surface area contributed by atoms with Crippen LogP contribution in [0.2, 0.25) is 0 Å². The van der Waals surface area contributed by atoms with E-state index >= 15 is 0 Å². The van der Waals surface area contributed by atoms with Gasteiger partial charge in [0.25, 0.3) is 11.8 Å². The summed E-state index contributed by atoms with van der Waals surface area (Å²) in [6.07, 6.45) is 0.716. The third-order valence-electron chi connectivity index (χ3n) is 4.64. The van der Waals surface area contributed by atoms with Crippen molar-refractivity contribution in [2.24, 2.45) is 0 Å². The predicted octanol–water partition coefficient (Wildman–Crippen LogP) is 4.12. The van der Waals surface area contributed by atoms with E-state index in [0.717, 1.165) is 11.3 Å². The molecule has 0 aliphatic rings. The summed E-state index contributed by atoms with van der Waals surface area (Å²) in [7, 11) is 3.68. The quantitative estimate of drug-likeness (QED) is 0.622. The minimum absolute atomic E-state index is 0.0527. The zero-order chi connectivity index (χ0) is 21.5. The summed E-state index contributed by atoms with van der Waals surface area (Å²) >= 11 is 0. The van der Waals surface area contributed by atoms with Crippen molar-refractivity contribution >= 4 is 23.2 Å². The normalized spacial score (nSPS) is 10.4. The molecule has 0 saturated heterocycles. The zero-order valence-corrected chi connectivity index (χ0v) is 17.0. The van der Waals surface area contributed by atoms with Gasteiger partial charge in [0.2, 0.25) is 0 Å². The molecule has 154 valence electrons. The number of hydrogen-bond acceptors (Lipinski definition) is 3. The molecule has 0 fully saturated rings. The van der Waals surface area contributed by atoms with E-state index < -0.39 is 11.7 Å². The second-order valence-corrected chi connectivity index (χ2v) is 7.05. The number of nitrogens with zero attached hydrogens (tertiary/aromatic N) is 1. The number of carbonyl (C=O) groups is 2. The van der Waals surface area contributed by atoms with E-state index in [1.54, 1.807) is 24.3 Å². The van der Waals surface area contributed by atoms with Gasteiger partial charge in [0.05, 0.1) is 11.1 Å². The van der Waals surface area contributed by atoms with Gasteiger partial charge in [-0.2, -0.15) is 0 Å². The van der Waals surface area contributed by atoms with Gasteiger partial charge in [0, 0.05) is 32.0 Å². The number of hydrogen-bond donors (Lipinski definition) is 2. The standard InChI is InChI=1S/C24H24FN3O2/c1-28(2)22-13-12-18(27-24(30)19-10-6-7-11-21(19)25)16-20(22)23(29)26-15-14-17-8-4-3-5-9-17/h3-13,16H,14-15H2,1-2H3,(H,26,29)(H,27,30). The van der Waals surface area contributed by atoms with Crippen LogP contribution in [0.25, 0.3) is 0 Å². The lowest BCUT2D eigenvalue weighted by molar-refractivity contribution is 0.0953. The fourth-order valence-electron chi connectivity index (χ4n) is 3.09. The van der Waals surface area contributed by atoms with E-state index in [1.165, 1.54) is 18.2 Å². The lowest BCUT2D eigenvalue weighted by atomic mass is 10.1. The van der Waals surface area contributed by atoms with Crippen molar-refractivity contribution in [3.63, 3.8) is 0 Å². The highest BCUT2D eigenvalue weighted by Gasteiger charge is 2.16. The maximum absolute atomic E-state index is 13.9. The van der Waals surface area contributed by atoms with E-state index in [0.29, 0.717) is 24.2 Å². The number of halogens is 1. The Hall–Kier alpha value is -3.67. The SMILES string of the molecule is CN(C)c1ccc(NC(=O)c2ccccc2F)cc1C(=O)NCCc1ccccc1. The third kappa shape index (κ3) is 5.23. The summed E-state index contributed by atoms with van der Waals surface area (Å²) in [5.74, 6) is -1.41. The lowest BCUT2D eigenvalue weighted by Gasteiger charge is -2.18. The number of carbonyl (C=O) groups excluding carboxylic acids is 2. The Morgan fingerprint density at radius 1 is 0.867 bits per heavy atom. The first-order valence-electron chi connectivity index (χ1n) is 9.65. The van der Waals surface area contributed by atoms with Crippen LogP contribution in [0, 0.1) is 5.82 Å². The second-order valence-electron chi connectivity index (χ2n) is 7.05. The van der Waals surface area contributed by atoms with Crippen LogP contribution in [-0.2, 0) is 6.42 Å². The summed E-state index contributed by atoms with van der Waals surface area (Å²) in [4.78, 5) is 27.0. The fraction of sp³-hybridized carbons (Fsp3) is 0.167. The van der Waals surface area contributed by atoms with Crippen LogP contribution < -0.4 is 15.5 Å². The van der Waals surface area contributed by atoms with E-state index in [2.05, 4.69) is 10.6 Å². The molecule has 0 unspecified atom stereocenters. The topological polar surface area (TPSA) is 61.4 Å². The van der Waals surface area contributed by atoms with Gasteiger partial charge < -0.3 is 15.5 Å². The van der Waals surface area contributed by atoms with Crippen LogP contribution in [0.1, 0.15) is 26.3 Å². The van der Waals surface area contributed by atoms with Gasteiger partial charge >= 0.3 is 0 Å². The maximum Gasteiger partial charge on any atom is 0.258 e. The summed E-state index contributed by atoms with van der Waals surface area (Å²) in [5.41, 5.74) is 2.65. The fourth-order valence-corrected chi connectivity index (χ4v) is 3.09. The molecule has 0 spiro atoms. The summed E-state index contributed by atoms with van der Waals surface area (Å²) in [6, 6.07) is 20.7. The average Bonchev–Trinajstić information content (AvgIpc) is 2.74. The highest BCUT2D eigenvalue weighted by atomic mass is 19.1. The Bertz CT molecular complexity index is 1040. The van der Waals surface area contributed by atoms with Gasteiger partial charge in [-0.15, -0.1) is 0 Å². The van der Waals surface area contributed by atoms with Crippen molar-refractivity contribution in [1.82, 2.24) is 5.32 Å². The molecule has 0 aromatic heterocycles. The van der Waals surface area contributed by atoms with E-state index in [4.69, 9.17) is 0 Å². The number of anilines is 2. The van der Waals surface area contributed by atoms with Crippen LogP contribution >= 0.6 is 0 Å². The molecule has 2 amide bonds. The number of nitrogens with one attached hydrogen (secondary N) is 2. The van der Waals surface area contributed by atoms with Gasteiger partial charge in [-0.1, -0.05) is 42.5 Å². The highest BCUT2D eigenvalue weighted by Crippen LogP contribution is 2.23. The minimum atomic E-state index is -0.598. The molecule has 5 nitrogen and oxygen atoms in total. The smallest absolute Gasteiger partial charge is 0.258 e. The Kier molecular flexibility index (Phi) is 6.80. The van der Waals surface area contributed by atoms with Gasteiger partial charge in [-0.05, 0) is 42.3 Å². The molecule has 0 aliphatic carbocycles. The Morgan fingerprint density at radius 3 is 2.27 bits per heavy atom. The molecule has 3 aromatic rings. The highest BCUT2D eigenvalue weighted by molar-refractivity contribution is 6.06. The largest absolute Gasteiger partial charge is 0.377 e. The van der Waals surface area contributed by atoms with E-state index in [9.17, 15) is 14.0 Å². The molecule has 0 bridgehead atoms. The van der Waals surface area contributed by atoms with Crippen molar-refractivity contribution in [1.29, 1.82) is 0 Å². The van der Waals surface area contributed by atoms with Gasteiger partial charge in [0.15, 0.2) is 0 Å². The minimum Gasteiger partial charge on any atom is -0.377 e. The summed E-state index contributed by atoms with van der Waals surface area (Å²) in [5, 5.41) is 5.59. The maximum atomic E-state index is 13.9. The van der Waals surface area contributed by atoms with Gasteiger partial charge in [0.1, 0.15) is 5.82 Å². The molecule has 0 aliphatic heterocycles. The first kappa shape index (κ1) is 21.0. The molecule has 3 aromatic carbocycles. The summed E-state index contributed by atoms with van der Waals surface area (Å²) in [6.45, 7) is 0.488. The monoisotopic (exact) mass is 405 g/mol. The van der Waals surface area contributed by atoms with Crippen molar-refractivity contribution in [3.8, 4) is 0 Å². The molecule has 0 atom stereocenters. The van der Waals surface area contributed by atoms with Crippen LogP contribution in [-0.4, -0.2) is 32.5 Å². The zero-order valence-electron chi connectivity index (χ0n) is 17.0. The Labute approximate surface area is 175 Å². The molecular weight excluding hydrogens is 381 g/mol. The first-order valence-corrected chi connectivity index (χ1v) is 9.65. The number of rotatable bonds is 7. The number of amides is 2. The van der Waals surface area contributed by atoms with Crippen molar-refractivity contribution in [2.45, 2.75) is 6.42 Å². The molecular formula is C24H24FN3O2. The molecule has 0 radical (unpaired) electrons. The average molecular weight is 405 g/mol. The Balaban J connectivity index is 1.74. The molecule has 6 heteroatoms. The van der Waals surface area contributed by atoms with Crippen molar-refractivity contribution < 1.29 is 14.0 Å². The van der Waals surface area contributed by atoms with Crippen LogP contribution in [0.5, 0.6) is 0 Å². The van der Waals surface area contributed by atoms with Gasteiger partial charge in [-0.25, -0.2) is 4.39 Å². The van der Waals surface area contributed by atoms with Crippen molar-refractivity contribution in [2.75, 3.05) is 30.9 Å². The Morgan fingerprint density at radius 2 is 1.57 bits per heavy atom. The molecule has 3 rings (SSSR count). The number of benzene rings is 3. The lowest BCUT2D eigenvalue weighted by Crippen LogP contribution is -2.28. The molecule has 2 N–H and O–H groups in total.